The molecule has 0 saturated carbocycles. The first-order valence-corrected chi connectivity index (χ1v) is 8.01. The van der Waals surface area contributed by atoms with Crippen LogP contribution in [0.2, 0.25) is 0 Å². The predicted octanol–water partition coefficient (Wildman–Crippen LogP) is 1.00. The minimum absolute atomic E-state index is 0.0491. The van der Waals surface area contributed by atoms with Crippen LogP contribution in [-0.4, -0.2) is 62.0 Å². The van der Waals surface area contributed by atoms with Crippen molar-refractivity contribution in [3.05, 3.63) is 12.2 Å². The van der Waals surface area contributed by atoms with Gasteiger partial charge in [-0.3, -0.25) is 9.79 Å². The fourth-order valence-corrected chi connectivity index (χ4v) is 3.52. The molecule has 4 rings (SSSR count). The highest BCUT2D eigenvalue weighted by Crippen LogP contribution is 2.27. The highest BCUT2D eigenvalue weighted by Gasteiger charge is 2.35. The number of piperidine rings is 3. The van der Waals surface area contributed by atoms with Crippen molar-refractivity contribution >= 4 is 12.1 Å². The molecule has 0 aromatic heterocycles. The zero-order valence-corrected chi connectivity index (χ0v) is 12.6. The average molecular weight is 291 g/mol. The largest absolute Gasteiger partial charge is 0.375 e. The van der Waals surface area contributed by atoms with Crippen LogP contribution in [0.25, 0.3) is 0 Å². The molecule has 3 saturated heterocycles. The molecule has 5 nitrogen and oxygen atoms in total. The molecule has 1 amide bonds. The first kappa shape index (κ1) is 14.7. The van der Waals surface area contributed by atoms with E-state index in [-0.39, 0.29) is 11.9 Å². The Hall–Kier alpha value is -1.20. The van der Waals surface area contributed by atoms with Gasteiger partial charge in [-0.15, -0.1) is 0 Å². The fourth-order valence-electron chi connectivity index (χ4n) is 3.52. The van der Waals surface area contributed by atoms with Crippen LogP contribution in [0.4, 0.5) is 0 Å². The SMILES string of the molecule is C=C1CCOC/C=N\[C@H](C(=O)NC2CN3CCC2CC3)C1. The van der Waals surface area contributed by atoms with Gasteiger partial charge in [-0.05, 0) is 44.7 Å². The van der Waals surface area contributed by atoms with Crippen LogP contribution in [-0.2, 0) is 9.53 Å². The molecule has 5 heteroatoms. The first-order chi connectivity index (χ1) is 10.2. The van der Waals surface area contributed by atoms with Gasteiger partial charge in [0.15, 0.2) is 0 Å². The van der Waals surface area contributed by atoms with Gasteiger partial charge in [-0.2, -0.15) is 0 Å². The van der Waals surface area contributed by atoms with Gasteiger partial charge in [0.2, 0.25) is 5.91 Å². The van der Waals surface area contributed by atoms with Gasteiger partial charge in [0.25, 0.3) is 0 Å². The number of aliphatic imine (C=N–C) groups is 1. The molecule has 1 N–H and O–H groups in total. The number of rotatable bonds is 2. The second-order valence-electron chi connectivity index (χ2n) is 6.38. The van der Waals surface area contributed by atoms with Crippen molar-refractivity contribution < 1.29 is 9.53 Å². The predicted molar refractivity (Wildman–Crippen MR) is 82.6 cm³/mol. The molecule has 0 aromatic rings. The van der Waals surface area contributed by atoms with Crippen LogP contribution in [0.5, 0.6) is 0 Å². The number of nitrogens with one attached hydrogen (secondary N) is 1. The summed E-state index contributed by atoms with van der Waals surface area (Å²) in [5.74, 6) is 0.693. The van der Waals surface area contributed by atoms with E-state index in [2.05, 4.69) is 21.8 Å². The molecule has 0 aromatic carbocycles. The number of ether oxygens (including phenoxy) is 1. The highest BCUT2D eigenvalue weighted by atomic mass is 16.5. The topological polar surface area (TPSA) is 53.9 Å². The number of fused-ring (bicyclic) bond motifs is 3. The lowest BCUT2D eigenvalue weighted by Crippen LogP contribution is -2.58. The lowest BCUT2D eigenvalue weighted by atomic mass is 9.84. The molecule has 1 unspecified atom stereocenters. The molecule has 4 heterocycles. The molecule has 116 valence electrons. The molecule has 0 radical (unpaired) electrons. The zero-order chi connectivity index (χ0) is 14.7. The fraction of sp³-hybridized carbons (Fsp3) is 0.750. The zero-order valence-electron chi connectivity index (χ0n) is 12.6. The second kappa shape index (κ2) is 6.71. The van der Waals surface area contributed by atoms with Crippen molar-refractivity contribution in [2.75, 3.05) is 32.8 Å². The maximum Gasteiger partial charge on any atom is 0.245 e. The minimum atomic E-state index is -0.338. The molecule has 0 spiro atoms. The third-order valence-corrected chi connectivity index (χ3v) is 4.85. The van der Waals surface area contributed by atoms with E-state index in [1.165, 1.54) is 25.9 Å². The number of hydrogen-bond acceptors (Lipinski definition) is 4. The van der Waals surface area contributed by atoms with Crippen molar-refractivity contribution in [1.82, 2.24) is 10.2 Å². The molecule has 4 aliphatic rings. The summed E-state index contributed by atoms with van der Waals surface area (Å²) in [7, 11) is 0. The van der Waals surface area contributed by atoms with Gasteiger partial charge in [-0.1, -0.05) is 12.2 Å². The smallest absolute Gasteiger partial charge is 0.245 e. The lowest BCUT2D eigenvalue weighted by molar-refractivity contribution is -0.124. The van der Waals surface area contributed by atoms with E-state index < -0.39 is 0 Å². The Kier molecular flexibility index (Phi) is 4.70. The summed E-state index contributed by atoms with van der Waals surface area (Å²) in [6, 6.07) is -0.0398. The van der Waals surface area contributed by atoms with Crippen LogP contribution in [0, 0.1) is 5.92 Å². The molecule has 3 fully saturated rings. The molecular formula is C16H25N3O2. The van der Waals surface area contributed by atoms with Crippen molar-refractivity contribution in [3.63, 3.8) is 0 Å². The summed E-state index contributed by atoms with van der Waals surface area (Å²) in [4.78, 5) is 19.4. The van der Waals surface area contributed by atoms with E-state index in [0.717, 1.165) is 18.5 Å². The van der Waals surface area contributed by atoms with Crippen LogP contribution in [0.3, 0.4) is 0 Å². The summed E-state index contributed by atoms with van der Waals surface area (Å²) in [5.41, 5.74) is 1.04. The molecule has 2 atom stereocenters. The summed E-state index contributed by atoms with van der Waals surface area (Å²) < 4.78 is 5.39. The average Bonchev–Trinajstić information content (AvgIpc) is 2.60. The summed E-state index contributed by atoms with van der Waals surface area (Å²) in [5, 5.41) is 3.23. The standard InChI is InChI=1S/C16H25N3O2/c1-12-4-8-21-9-5-17-14(10-12)16(20)18-15-11-19-6-2-13(15)3-7-19/h5,13-15H,1-4,6-11H2,(H,18,20)/b17-5-/t14-,15?/m0/s1. The van der Waals surface area contributed by atoms with Crippen LogP contribution in [0.15, 0.2) is 17.1 Å². The number of carbonyl (C=O) groups excluding carboxylic acids is 1. The Morgan fingerprint density at radius 3 is 2.95 bits per heavy atom. The third kappa shape index (κ3) is 3.71. The van der Waals surface area contributed by atoms with Crippen LogP contribution >= 0.6 is 0 Å². The summed E-state index contributed by atoms with van der Waals surface area (Å²) in [6.07, 6.45) is 5.58. The van der Waals surface area contributed by atoms with Gasteiger partial charge in [-0.25, -0.2) is 0 Å². The summed E-state index contributed by atoms with van der Waals surface area (Å²) in [6.45, 7) is 8.55. The van der Waals surface area contributed by atoms with Gasteiger partial charge < -0.3 is 15.0 Å². The van der Waals surface area contributed by atoms with Crippen molar-refractivity contribution in [1.29, 1.82) is 0 Å². The highest BCUT2D eigenvalue weighted by molar-refractivity contribution is 5.84. The molecule has 2 bridgehead atoms. The maximum atomic E-state index is 12.5. The summed E-state index contributed by atoms with van der Waals surface area (Å²) >= 11 is 0. The molecule has 0 aliphatic carbocycles. The Morgan fingerprint density at radius 2 is 2.24 bits per heavy atom. The second-order valence-corrected chi connectivity index (χ2v) is 6.38. The van der Waals surface area contributed by atoms with Gasteiger partial charge in [0.05, 0.1) is 13.2 Å². The van der Waals surface area contributed by atoms with Crippen molar-refractivity contribution in [3.8, 4) is 0 Å². The van der Waals surface area contributed by atoms with E-state index in [1.807, 2.05) is 0 Å². The van der Waals surface area contributed by atoms with Gasteiger partial charge in [0, 0.05) is 18.8 Å². The van der Waals surface area contributed by atoms with E-state index in [9.17, 15) is 4.79 Å². The number of nitrogens with zero attached hydrogens (tertiary/aromatic N) is 2. The monoisotopic (exact) mass is 291 g/mol. The lowest BCUT2D eigenvalue weighted by Gasteiger charge is -2.45. The third-order valence-electron chi connectivity index (χ3n) is 4.85. The maximum absolute atomic E-state index is 12.5. The first-order valence-electron chi connectivity index (χ1n) is 8.01. The molecule has 4 aliphatic heterocycles. The Morgan fingerprint density at radius 1 is 1.43 bits per heavy atom. The quantitative estimate of drug-likeness (QED) is 0.772. The number of hydrogen-bond donors (Lipinski definition) is 1. The number of carbonyl (C=O) groups is 1. The minimum Gasteiger partial charge on any atom is -0.375 e. The Balaban J connectivity index is 1.60. The normalized spacial score (nSPS) is 38.2. The van der Waals surface area contributed by atoms with Crippen LogP contribution in [0.1, 0.15) is 25.7 Å². The van der Waals surface area contributed by atoms with E-state index in [4.69, 9.17) is 4.74 Å². The van der Waals surface area contributed by atoms with Crippen molar-refractivity contribution in [2.45, 2.75) is 37.8 Å². The Bertz CT molecular complexity index is 427. The van der Waals surface area contributed by atoms with Gasteiger partial charge >= 0.3 is 0 Å². The van der Waals surface area contributed by atoms with E-state index in [0.29, 0.717) is 31.6 Å². The van der Waals surface area contributed by atoms with Gasteiger partial charge in [0.1, 0.15) is 6.04 Å². The molecular weight excluding hydrogens is 266 g/mol. The van der Waals surface area contributed by atoms with E-state index >= 15 is 0 Å². The molecule has 21 heavy (non-hydrogen) atoms. The van der Waals surface area contributed by atoms with Crippen LogP contribution < -0.4 is 5.32 Å². The van der Waals surface area contributed by atoms with E-state index in [1.54, 1.807) is 6.21 Å². The van der Waals surface area contributed by atoms with Crippen molar-refractivity contribution in [2.24, 2.45) is 10.9 Å². The number of amides is 1. The Labute approximate surface area is 126 Å².